The number of amides is 1. The maximum Gasteiger partial charge on any atom is 0.302 e. The summed E-state index contributed by atoms with van der Waals surface area (Å²) in [6.45, 7) is 0.412. The number of aromatic nitrogens is 1. The lowest BCUT2D eigenvalue weighted by molar-refractivity contribution is -0.120. The molecule has 4 rings (SSSR count). The highest BCUT2D eigenvalue weighted by Crippen LogP contribution is 2.38. The number of para-hydroxylation sites is 3. The van der Waals surface area contributed by atoms with Crippen molar-refractivity contribution >= 4 is 34.1 Å². The molecular formula is C24H20ClN3O4. The number of hydrogen-bond donors (Lipinski definition) is 1. The SMILES string of the molecule is O=C(COc1ccccc1Cl)N=Nc1c(O)n(CCOc2ccccc2)c2ccccc12. The number of aromatic hydroxyl groups is 1. The molecule has 0 aliphatic rings. The van der Waals surface area contributed by atoms with Crippen LogP contribution in [0, 0.1) is 0 Å². The van der Waals surface area contributed by atoms with Crippen LogP contribution in [0.5, 0.6) is 17.4 Å². The van der Waals surface area contributed by atoms with Gasteiger partial charge in [0.15, 0.2) is 12.3 Å². The Hall–Kier alpha value is -3.84. The van der Waals surface area contributed by atoms with E-state index in [0.717, 1.165) is 11.3 Å². The number of benzene rings is 3. The van der Waals surface area contributed by atoms with Gasteiger partial charge in [-0.15, -0.1) is 10.2 Å². The third-order valence-electron chi connectivity index (χ3n) is 4.69. The average molecular weight is 450 g/mol. The highest BCUT2D eigenvalue weighted by atomic mass is 35.5. The van der Waals surface area contributed by atoms with E-state index in [9.17, 15) is 9.90 Å². The zero-order chi connectivity index (χ0) is 22.3. The van der Waals surface area contributed by atoms with Gasteiger partial charge in [-0.3, -0.25) is 4.79 Å². The summed E-state index contributed by atoms with van der Waals surface area (Å²) in [5.74, 6) is 0.433. The molecule has 3 aromatic carbocycles. The van der Waals surface area contributed by atoms with Crippen LogP contribution in [0.1, 0.15) is 0 Å². The Morgan fingerprint density at radius 1 is 0.938 bits per heavy atom. The predicted octanol–water partition coefficient (Wildman–Crippen LogP) is 5.77. The van der Waals surface area contributed by atoms with E-state index in [2.05, 4.69) is 10.2 Å². The van der Waals surface area contributed by atoms with Crippen molar-refractivity contribution < 1.29 is 19.4 Å². The average Bonchev–Trinajstić information content (AvgIpc) is 3.08. The first-order valence-electron chi connectivity index (χ1n) is 9.93. The molecule has 1 amide bonds. The largest absolute Gasteiger partial charge is 0.493 e. The van der Waals surface area contributed by atoms with Crippen molar-refractivity contribution in [2.24, 2.45) is 10.2 Å². The number of azo groups is 1. The molecule has 8 heteroatoms. The maximum absolute atomic E-state index is 12.1. The van der Waals surface area contributed by atoms with Gasteiger partial charge in [0.05, 0.1) is 17.1 Å². The normalized spacial score (nSPS) is 11.2. The summed E-state index contributed by atoms with van der Waals surface area (Å²) in [6, 6.07) is 23.6. The van der Waals surface area contributed by atoms with Crippen molar-refractivity contribution in [1.29, 1.82) is 0 Å². The fourth-order valence-corrected chi connectivity index (χ4v) is 3.39. The lowest BCUT2D eigenvalue weighted by Crippen LogP contribution is -2.08. The molecular weight excluding hydrogens is 430 g/mol. The third kappa shape index (κ3) is 4.90. The number of halogens is 1. The van der Waals surface area contributed by atoms with Gasteiger partial charge in [-0.1, -0.05) is 60.1 Å². The standard InChI is InChI=1S/C24H20ClN3O4/c25-19-11-5-7-13-21(19)32-16-22(29)26-27-23-18-10-4-6-12-20(18)28(24(23)30)14-15-31-17-8-2-1-3-9-17/h1-13,30H,14-16H2. The second-order valence-electron chi connectivity index (χ2n) is 6.82. The Bertz CT molecular complexity index is 1250. The summed E-state index contributed by atoms with van der Waals surface area (Å²) in [4.78, 5) is 12.1. The van der Waals surface area contributed by atoms with E-state index in [1.54, 1.807) is 28.8 Å². The van der Waals surface area contributed by atoms with E-state index in [-0.39, 0.29) is 18.2 Å². The monoisotopic (exact) mass is 449 g/mol. The highest BCUT2D eigenvalue weighted by molar-refractivity contribution is 6.32. The summed E-state index contributed by atoms with van der Waals surface area (Å²) in [5.41, 5.74) is 0.974. The second-order valence-corrected chi connectivity index (χ2v) is 7.22. The summed E-state index contributed by atoms with van der Waals surface area (Å²) >= 11 is 6.01. The molecule has 0 radical (unpaired) electrons. The molecule has 1 N–H and O–H groups in total. The Kier molecular flexibility index (Phi) is 6.67. The Morgan fingerprint density at radius 2 is 1.66 bits per heavy atom. The highest BCUT2D eigenvalue weighted by Gasteiger charge is 2.17. The Morgan fingerprint density at radius 3 is 2.47 bits per heavy atom. The van der Waals surface area contributed by atoms with E-state index in [1.807, 2.05) is 54.6 Å². The van der Waals surface area contributed by atoms with Crippen LogP contribution in [0.2, 0.25) is 5.02 Å². The number of carbonyl (C=O) groups is 1. The van der Waals surface area contributed by atoms with Crippen LogP contribution in [0.15, 0.2) is 89.1 Å². The molecule has 1 aromatic heterocycles. The minimum atomic E-state index is -0.603. The van der Waals surface area contributed by atoms with E-state index in [1.165, 1.54) is 0 Å². The molecule has 4 aromatic rings. The Balaban J connectivity index is 1.48. The fraction of sp³-hybridized carbons (Fsp3) is 0.125. The van der Waals surface area contributed by atoms with Gasteiger partial charge < -0.3 is 19.1 Å². The number of carbonyl (C=O) groups excluding carboxylic acids is 1. The maximum atomic E-state index is 12.1. The van der Waals surface area contributed by atoms with Crippen LogP contribution >= 0.6 is 11.6 Å². The van der Waals surface area contributed by atoms with Crippen molar-refractivity contribution in [2.75, 3.05) is 13.2 Å². The molecule has 0 atom stereocenters. The molecule has 32 heavy (non-hydrogen) atoms. The molecule has 0 fully saturated rings. The van der Waals surface area contributed by atoms with Gasteiger partial charge in [0, 0.05) is 5.39 Å². The van der Waals surface area contributed by atoms with Gasteiger partial charge >= 0.3 is 5.91 Å². The first kappa shape index (κ1) is 21.4. The lowest BCUT2D eigenvalue weighted by Gasteiger charge is -2.09. The zero-order valence-corrected chi connectivity index (χ0v) is 17.8. The summed E-state index contributed by atoms with van der Waals surface area (Å²) < 4.78 is 12.8. The van der Waals surface area contributed by atoms with Crippen LogP contribution in [-0.2, 0) is 11.3 Å². The van der Waals surface area contributed by atoms with E-state index >= 15 is 0 Å². The van der Waals surface area contributed by atoms with Gasteiger partial charge in [0.1, 0.15) is 18.1 Å². The first-order valence-corrected chi connectivity index (χ1v) is 10.3. The number of nitrogens with zero attached hydrogens (tertiary/aromatic N) is 3. The molecule has 1 heterocycles. The molecule has 0 spiro atoms. The van der Waals surface area contributed by atoms with Crippen molar-refractivity contribution in [3.63, 3.8) is 0 Å². The van der Waals surface area contributed by atoms with Crippen LogP contribution in [0.3, 0.4) is 0 Å². The van der Waals surface area contributed by atoms with Gasteiger partial charge in [-0.25, -0.2) is 0 Å². The third-order valence-corrected chi connectivity index (χ3v) is 5.01. The zero-order valence-electron chi connectivity index (χ0n) is 17.0. The number of ether oxygens (including phenoxy) is 2. The quantitative estimate of drug-likeness (QED) is 0.346. The minimum absolute atomic E-state index is 0.0913. The number of fused-ring (bicyclic) bond motifs is 1. The van der Waals surface area contributed by atoms with Crippen LogP contribution in [0.4, 0.5) is 5.69 Å². The molecule has 0 unspecified atom stereocenters. The summed E-state index contributed by atoms with van der Waals surface area (Å²) in [7, 11) is 0. The van der Waals surface area contributed by atoms with Crippen molar-refractivity contribution in [1.82, 2.24) is 4.57 Å². The predicted molar refractivity (Wildman–Crippen MR) is 122 cm³/mol. The molecule has 0 aliphatic heterocycles. The van der Waals surface area contributed by atoms with Crippen molar-refractivity contribution in [3.8, 4) is 17.4 Å². The van der Waals surface area contributed by atoms with Gasteiger partial charge in [-0.05, 0) is 30.3 Å². The van der Waals surface area contributed by atoms with Crippen LogP contribution in [-0.4, -0.2) is 28.8 Å². The van der Waals surface area contributed by atoms with E-state index in [0.29, 0.717) is 29.3 Å². The van der Waals surface area contributed by atoms with E-state index < -0.39 is 5.91 Å². The Labute approximate surface area is 189 Å². The van der Waals surface area contributed by atoms with Gasteiger partial charge in [0.2, 0.25) is 5.88 Å². The minimum Gasteiger partial charge on any atom is -0.493 e. The molecule has 0 saturated carbocycles. The smallest absolute Gasteiger partial charge is 0.302 e. The fourth-order valence-electron chi connectivity index (χ4n) is 3.20. The summed E-state index contributed by atoms with van der Waals surface area (Å²) in [6.07, 6.45) is 0. The van der Waals surface area contributed by atoms with Gasteiger partial charge in [0.25, 0.3) is 0 Å². The topological polar surface area (TPSA) is 85.4 Å². The molecule has 162 valence electrons. The molecule has 0 bridgehead atoms. The lowest BCUT2D eigenvalue weighted by atomic mass is 10.2. The second kappa shape index (κ2) is 9.98. The van der Waals surface area contributed by atoms with E-state index in [4.69, 9.17) is 21.1 Å². The van der Waals surface area contributed by atoms with Crippen LogP contribution in [0.25, 0.3) is 10.9 Å². The van der Waals surface area contributed by atoms with Crippen molar-refractivity contribution in [2.45, 2.75) is 6.54 Å². The van der Waals surface area contributed by atoms with Crippen molar-refractivity contribution in [3.05, 3.63) is 83.9 Å². The number of rotatable bonds is 8. The molecule has 7 nitrogen and oxygen atoms in total. The first-order chi connectivity index (χ1) is 15.6. The summed E-state index contributed by atoms with van der Waals surface area (Å²) in [5, 5.41) is 19.5. The van der Waals surface area contributed by atoms with Crippen LogP contribution < -0.4 is 9.47 Å². The number of hydrogen-bond acceptors (Lipinski definition) is 5. The molecule has 0 saturated heterocycles. The van der Waals surface area contributed by atoms with Gasteiger partial charge in [-0.2, -0.15) is 0 Å². The molecule has 0 aliphatic carbocycles.